The zero-order chi connectivity index (χ0) is 13.2. The standard InChI is InChI=1S/C15H16N2O2/c1-11-2-3-14-13(8-11)15(18)12(4-7-19-14)9-17-6-5-16-10-17/h2-3,5-6,8,10,12H,4,7,9H2,1H3/p+1. The molecule has 0 aliphatic carbocycles. The number of aromatic amines is 1. The first-order valence-corrected chi connectivity index (χ1v) is 6.53. The third-order valence-electron chi connectivity index (χ3n) is 3.53. The zero-order valence-corrected chi connectivity index (χ0v) is 10.9. The van der Waals surface area contributed by atoms with Crippen molar-refractivity contribution in [2.45, 2.75) is 19.9 Å². The largest absolute Gasteiger partial charge is 0.493 e. The Morgan fingerprint density at radius 1 is 1.47 bits per heavy atom. The molecule has 0 saturated carbocycles. The van der Waals surface area contributed by atoms with Crippen LogP contribution in [0, 0.1) is 12.8 Å². The molecule has 1 aliphatic rings. The second-order valence-corrected chi connectivity index (χ2v) is 5.01. The van der Waals surface area contributed by atoms with E-state index in [1.165, 1.54) is 0 Å². The van der Waals surface area contributed by atoms with E-state index in [-0.39, 0.29) is 11.7 Å². The zero-order valence-electron chi connectivity index (χ0n) is 10.9. The molecule has 2 heterocycles. The highest BCUT2D eigenvalue weighted by molar-refractivity contribution is 6.00. The molecule has 4 heteroatoms. The Hall–Kier alpha value is -2.10. The predicted octanol–water partition coefficient (Wildman–Crippen LogP) is 1.89. The van der Waals surface area contributed by atoms with E-state index in [9.17, 15) is 4.79 Å². The average Bonchev–Trinajstić information content (AvgIpc) is 2.86. The highest BCUT2D eigenvalue weighted by Gasteiger charge is 2.28. The van der Waals surface area contributed by atoms with Crippen LogP contribution in [-0.2, 0) is 6.54 Å². The van der Waals surface area contributed by atoms with Gasteiger partial charge in [0.05, 0.1) is 18.1 Å². The van der Waals surface area contributed by atoms with Gasteiger partial charge < -0.3 is 4.74 Å². The molecule has 19 heavy (non-hydrogen) atoms. The Kier molecular flexibility index (Phi) is 3.07. The first kappa shape index (κ1) is 12.0. The minimum absolute atomic E-state index is 0.0242. The summed E-state index contributed by atoms with van der Waals surface area (Å²) in [5, 5.41) is 0. The second-order valence-electron chi connectivity index (χ2n) is 5.01. The molecule has 1 N–H and O–H groups in total. The summed E-state index contributed by atoms with van der Waals surface area (Å²) in [5.74, 6) is 0.880. The van der Waals surface area contributed by atoms with Crippen molar-refractivity contribution in [3.8, 4) is 5.75 Å². The number of rotatable bonds is 2. The van der Waals surface area contributed by atoms with Gasteiger partial charge in [-0.15, -0.1) is 0 Å². The summed E-state index contributed by atoms with van der Waals surface area (Å²) in [6.45, 7) is 3.28. The van der Waals surface area contributed by atoms with Gasteiger partial charge in [-0.1, -0.05) is 11.6 Å². The number of hydrogen-bond donors (Lipinski definition) is 1. The number of ether oxygens (including phenoxy) is 1. The summed E-state index contributed by atoms with van der Waals surface area (Å²) in [6, 6.07) is 5.81. The third kappa shape index (κ3) is 2.38. The molecule has 4 nitrogen and oxygen atoms in total. The van der Waals surface area contributed by atoms with E-state index in [2.05, 4.69) is 4.98 Å². The molecule has 0 fully saturated rings. The van der Waals surface area contributed by atoms with E-state index in [4.69, 9.17) is 4.74 Å². The van der Waals surface area contributed by atoms with Crippen molar-refractivity contribution >= 4 is 5.78 Å². The fraction of sp³-hybridized carbons (Fsp3) is 0.333. The van der Waals surface area contributed by atoms with Gasteiger partial charge in [0.25, 0.3) is 0 Å². The lowest BCUT2D eigenvalue weighted by molar-refractivity contribution is -0.699. The molecule has 3 rings (SSSR count). The smallest absolute Gasteiger partial charge is 0.241 e. The van der Waals surface area contributed by atoms with Crippen molar-refractivity contribution < 1.29 is 14.1 Å². The maximum atomic E-state index is 12.6. The fourth-order valence-corrected chi connectivity index (χ4v) is 2.49. The summed E-state index contributed by atoms with van der Waals surface area (Å²) in [4.78, 5) is 15.6. The number of aryl methyl sites for hydroxylation is 1. The molecule has 0 bridgehead atoms. The van der Waals surface area contributed by atoms with Crippen molar-refractivity contribution in [1.29, 1.82) is 0 Å². The number of carbonyl (C=O) groups excluding carboxylic acids is 1. The molecule has 0 amide bonds. The van der Waals surface area contributed by atoms with Gasteiger partial charge in [0.2, 0.25) is 6.33 Å². The van der Waals surface area contributed by atoms with E-state index in [0.29, 0.717) is 13.2 Å². The van der Waals surface area contributed by atoms with Crippen LogP contribution in [0.5, 0.6) is 5.75 Å². The Labute approximate surface area is 112 Å². The van der Waals surface area contributed by atoms with Gasteiger partial charge in [0.15, 0.2) is 5.78 Å². The molecule has 0 spiro atoms. The van der Waals surface area contributed by atoms with Crippen molar-refractivity contribution in [2.75, 3.05) is 6.61 Å². The number of H-pyrrole nitrogens is 1. The van der Waals surface area contributed by atoms with Gasteiger partial charge in [-0.2, -0.15) is 0 Å². The van der Waals surface area contributed by atoms with Crippen molar-refractivity contribution in [2.24, 2.45) is 5.92 Å². The molecule has 2 aromatic rings. The number of Topliss-reactive ketones (excluding diaryl/α,β-unsaturated/α-hetero) is 1. The number of nitrogens with zero attached hydrogens (tertiary/aromatic N) is 1. The quantitative estimate of drug-likeness (QED) is 0.835. The molecular formula is C15H17N2O2+. The molecule has 0 saturated heterocycles. The summed E-state index contributed by atoms with van der Waals surface area (Å²) in [6.07, 6.45) is 6.42. The lowest BCUT2D eigenvalue weighted by Crippen LogP contribution is -2.38. The number of fused-ring (bicyclic) bond motifs is 1. The average molecular weight is 257 g/mol. The molecule has 1 aromatic heterocycles. The Morgan fingerprint density at radius 3 is 3.16 bits per heavy atom. The van der Waals surface area contributed by atoms with Crippen LogP contribution in [0.15, 0.2) is 36.9 Å². The van der Waals surface area contributed by atoms with E-state index in [1.54, 1.807) is 0 Å². The van der Waals surface area contributed by atoms with E-state index < -0.39 is 0 Å². The van der Waals surface area contributed by atoms with Crippen LogP contribution in [0.1, 0.15) is 22.3 Å². The van der Waals surface area contributed by atoms with Crippen LogP contribution in [0.4, 0.5) is 0 Å². The molecule has 98 valence electrons. The fourth-order valence-electron chi connectivity index (χ4n) is 2.49. The van der Waals surface area contributed by atoms with Crippen LogP contribution in [0.2, 0.25) is 0 Å². The lowest BCUT2D eigenvalue weighted by Gasteiger charge is -2.10. The minimum atomic E-state index is -0.0242. The second kappa shape index (κ2) is 4.88. The van der Waals surface area contributed by atoms with Gasteiger partial charge in [0.1, 0.15) is 24.7 Å². The number of nitrogens with one attached hydrogen (secondary N) is 1. The van der Waals surface area contributed by atoms with Crippen molar-refractivity contribution in [3.63, 3.8) is 0 Å². The maximum Gasteiger partial charge on any atom is 0.241 e. The predicted molar refractivity (Wildman–Crippen MR) is 70.1 cm³/mol. The molecule has 1 atom stereocenters. The van der Waals surface area contributed by atoms with Gasteiger partial charge in [-0.05, 0) is 25.5 Å². The number of ketones is 1. The topological polar surface area (TPSA) is 46.0 Å². The van der Waals surface area contributed by atoms with Crippen molar-refractivity contribution in [1.82, 2.24) is 4.98 Å². The minimum Gasteiger partial charge on any atom is -0.493 e. The Morgan fingerprint density at radius 2 is 2.37 bits per heavy atom. The third-order valence-corrected chi connectivity index (χ3v) is 3.53. The number of hydrogen-bond acceptors (Lipinski definition) is 2. The van der Waals surface area contributed by atoms with Crippen LogP contribution >= 0.6 is 0 Å². The summed E-state index contributed by atoms with van der Waals surface area (Å²) >= 11 is 0. The number of aromatic nitrogens is 2. The molecule has 1 aromatic carbocycles. The molecular weight excluding hydrogens is 240 g/mol. The Bertz CT molecular complexity index is 590. The summed E-state index contributed by atoms with van der Waals surface area (Å²) < 4.78 is 7.69. The van der Waals surface area contributed by atoms with Crippen LogP contribution in [-0.4, -0.2) is 17.4 Å². The first-order chi connectivity index (χ1) is 9.24. The molecule has 0 radical (unpaired) electrons. The normalized spacial score (nSPS) is 18.6. The van der Waals surface area contributed by atoms with Crippen LogP contribution in [0.25, 0.3) is 0 Å². The maximum absolute atomic E-state index is 12.6. The highest BCUT2D eigenvalue weighted by Crippen LogP contribution is 2.27. The van der Waals surface area contributed by atoms with Gasteiger partial charge in [-0.3, -0.25) is 9.78 Å². The molecule has 1 unspecified atom stereocenters. The Balaban J connectivity index is 1.90. The van der Waals surface area contributed by atoms with Gasteiger partial charge >= 0.3 is 0 Å². The number of imidazole rings is 1. The highest BCUT2D eigenvalue weighted by atomic mass is 16.5. The summed E-state index contributed by atoms with van der Waals surface area (Å²) in [5.41, 5.74) is 1.81. The lowest BCUT2D eigenvalue weighted by atomic mass is 9.94. The SMILES string of the molecule is Cc1ccc2c(c1)C(=O)C(C[n+]1cc[nH]c1)CCO2. The number of carbonyl (C=O) groups is 1. The van der Waals surface area contributed by atoms with E-state index in [1.807, 2.05) is 48.4 Å². The van der Waals surface area contributed by atoms with E-state index >= 15 is 0 Å². The monoisotopic (exact) mass is 257 g/mol. The number of benzene rings is 1. The van der Waals surface area contributed by atoms with E-state index in [0.717, 1.165) is 23.3 Å². The first-order valence-electron chi connectivity index (χ1n) is 6.53. The summed E-state index contributed by atoms with van der Waals surface area (Å²) in [7, 11) is 0. The van der Waals surface area contributed by atoms with Crippen LogP contribution < -0.4 is 9.30 Å². The molecule has 1 aliphatic heterocycles. The van der Waals surface area contributed by atoms with Crippen LogP contribution in [0.3, 0.4) is 0 Å². The van der Waals surface area contributed by atoms with Gasteiger partial charge in [0, 0.05) is 0 Å². The van der Waals surface area contributed by atoms with Gasteiger partial charge in [-0.25, -0.2) is 4.57 Å². The van der Waals surface area contributed by atoms with Crippen molar-refractivity contribution in [3.05, 3.63) is 48.0 Å².